The Kier molecular flexibility index (Phi) is 4.66. The summed E-state index contributed by atoms with van der Waals surface area (Å²) in [6.45, 7) is 2.07. The Morgan fingerprint density at radius 1 is 1.35 bits per heavy atom. The Morgan fingerprint density at radius 3 is 2.74 bits per heavy atom. The van der Waals surface area contributed by atoms with Crippen LogP contribution in [0, 0.1) is 16.0 Å². The molecule has 1 aliphatic carbocycles. The zero-order valence-corrected chi connectivity index (χ0v) is 13.5. The predicted octanol–water partition coefficient (Wildman–Crippen LogP) is 2.48. The largest absolute Gasteiger partial charge is 0.340 e. The van der Waals surface area contributed by atoms with Crippen LogP contribution in [0.3, 0.4) is 0 Å². The Morgan fingerprint density at radius 2 is 2.09 bits per heavy atom. The van der Waals surface area contributed by atoms with E-state index in [9.17, 15) is 14.9 Å². The van der Waals surface area contributed by atoms with E-state index in [2.05, 4.69) is 4.98 Å². The summed E-state index contributed by atoms with van der Waals surface area (Å²) < 4.78 is 0. The fourth-order valence-corrected chi connectivity index (χ4v) is 3.54. The van der Waals surface area contributed by atoms with E-state index in [1.54, 1.807) is 4.90 Å². The van der Waals surface area contributed by atoms with E-state index >= 15 is 0 Å². The maximum atomic E-state index is 12.4. The van der Waals surface area contributed by atoms with Gasteiger partial charge in [-0.05, 0) is 18.8 Å². The standard InChI is InChI=1S/C15H19ClN4O3/c16-12-7-13(20(22)23)15(17-8-12)19-6-5-18(14(21)10-19)9-11-3-1-2-4-11/h7-8,11H,1-6,9-10H2. The van der Waals surface area contributed by atoms with Gasteiger partial charge in [-0.2, -0.15) is 0 Å². The Balaban J connectivity index is 1.70. The van der Waals surface area contributed by atoms with Crippen LogP contribution in [0.4, 0.5) is 11.5 Å². The third-order valence-corrected chi connectivity index (χ3v) is 4.79. The lowest BCUT2D eigenvalue weighted by atomic mass is 10.1. The molecule has 2 aliphatic rings. The minimum Gasteiger partial charge on any atom is -0.340 e. The molecule has 0 N–H and O–H groups in total. The number of halogens is 1. The van der Waals surface area contributed by atoms with Crippen LogP contribution in [0.5, 0.6) is 0 Å². The monoisotopic (exact) mass is 338 g/mol. The molecule has 2 heterocycles. The number of hydrogen-bond acceptors (Lipinski definition) is 5. The van der Waals surface area contributed by atoms with Crippen molar-refractivity contribution in [3.63, 3.8) is 0 Å². The van der Waals surface area contributed by atoms with Gasteiger partial charge in [0, 0.05) is 31.9 Å². The van der Waals surface area contributed by atoms with Crippen LogP contribution in [0.25, 0.3) is 0 Å². The van der Waals surface area contributed by atoms with Gasteiger partial charge in [-0.1, -0.05) is 24.4 Å². The van der Waals surface area contributed by atoms with Crippen molar-refractivity contribution in [2.45, 2.75) is 25.7 Å². The van der Waals surface area contributed by atoms with Gasteiger partial charge in [-0.3, -0.25) is 14.9 Å². The normalized spacial score (nSPS) is 19.4. The third-order valence-electron chi connectivity index (χ3n) is 4.58. The third kappa shape index (κ3) is 3.55. The van der Waals surface area contributed by atoms with Crippen LogP contribution < -0.4 is 4.90 Å². The molecule has 0 spiro atoms. The summed E-state index contributed by atoms with van der Waals surface area (Å²) in [5.41, 5.74) is -0.158. The number of rotatable bonds is 4. The van der Waals surface area contributed by atoms with E-state index in [0.717, 1.165) is 6.54 Å². The number of aromatic nitrogens is 1. The van der Waals surface area contributed by atoms with Crippen molar-refractivity contribution in [1.82, 2.24) is 9.88 Å². The summed E-state index contributed by atoms with van der Waals surface area (Å²) in [4.78, 5) is 30.7. The van der Waals surface area contributed by atoms with E-state index in [4.69, 9.17) is 11.6 Å². The fourth-order valence-electron chi connectivity index (χ4n) is 3.39. The summed E-state index contributed by atoms with van der Waals surface area (Å²) in [5, 5.41) is 11.4. The first kappa shape index (κ1) is 16.0. The van der Waals surface area contributed by atoms with Crippen molar-refractivity contribution >= 4 is 29.0 Å². The number of amides is 1. The number of hydrogen-bond donors (Lipinski definition) is 0. The zero-order chi connectivity index (χ0) is 16.4. The summed E-state index contributed by atoms with van der Waals surface area (Å²) in [6.07, 6.45) is 6.26. The second kappa shape index (κ2) is 6.70. The van der Waals surface area contributed by atoms with Gasteiger partial charge in [0.1, 0.15) is 0 Å². The number of anilines is 1. The second-order valence-corrected chi connectivity index (χ2v) is 6.60. The van der Waals surface area contributed by atoms with Crippen molar-refractivity contribution in [1.29, 1.82) is 0 Å². The first-order valence-electron chi connectivity index (χ1n) is 7.87. The molecular formula is C15H19ClN4O3. The molecule has 124 valence electrons. The lowest BCUT2D eigenvalue weighted by molar-refractivity contribution is -0.384. The molecule has 1 amide bonds. The Labute approximate surface area is 139 Å². The minimum absolute atomic E-state index is 0.00852. The average molecular weight is 339 g/mol. The molecule has 2 fully saturated rings. The molecule has 7 nitrogen and oxygen atoms in total. The van der Waals surface area contributed by atoms with Gasteiger partial charge in [-0.15, -0.1) is 0 Å². The van der Waals surface area contributed by atoms with Crippen molar-refractivity contribution in [3.8, 4) is 0 Å². The Bertz CT molecular complexity index is 619. The van der Waals surface area contributed by atoms with Crippen LogP contribution in [-0.2, 0) is 4.79 Å². The highest BCUT2D eigenvalue weighted by atomic mass is 35.5. The molecular weight excluding hydrogens is 320 g/mol. The van der Waals surface area contributed by atoms with Crippen molar-refractivity contribution in [2.24, 2.45) is 5.92 Å². The van der Waals surface area contributed by atoms with Crippen molar-refractivity contribution in [3.05, 3.63) is 27.4 Å². The zero-order valence-electron chi connectivity index (χ0n) is 12.8. The number of nitrogens with zero attached hydrogens (tertiary/aromatic N) is 4. The number of piperazine rings is 1. The lowest BCUT2D eigenvalue weighted by Crippen LogP contribution is -2.51. The number of carbonyl (C=O) groups is 1. The molecule has 1 aromatic rings. The van der Waals surface area contributed by atoms with E-state index in [1.807, 2.05) is 4.90 Å². The first-order chi connectivity index (χ1) is 11.0. The smallest absolute Gasteiger partial charge is 0.313 e. The first-order valence-corrected chi connectivity index (χ1v) is 8.25. The van der Waals surface area contributed by atoms with Gasteiger partial charge in [0.2, 0.25) is 11.7 Å². The van der Waals surface area contributed by atoms with Crippen LogP contribution >= 0.6 is 11.6 Å². The molecule has 1 saturated heterocycles. The van der Waals surface area contributed by atoms with Crippen LogP contribution in [0.2, 0.25) is 5.02 Å². The van der Waals surface area contributed by atoms with Gasteiger partial charge < -0.3 is 9.80 Å². The van der Waals surface area contributed by atoms with E-state index in [-0.39, 0.29) is 29.0 Å². The van der Waals surface area contributed by atoms with E-state index in [0.29, 0.717) is 19.0 Å². The predicted molar refractivity (Wildman–Crippen MR) is 86.7 cm³/mol. The Hall–Kier alpha value is -1.89. The number of pyridine rings is 1. The van der Waals surface area contributed by atoms with Gasteiger partial charge in [-0.25, -0.2) is 4.98 Å². The maximum absolute atomic E-state index is 12.4. The maximum Gasteiger partial charge on any atom is 0.313 e. The average Bonchev–Trinajstić information content (AvgIpc) is 3.02. The fraction of sp³-hybridized carbons (Fsp3) is 0.600. The van der Waals surface area contributed by atoms with E-state index in [1.165, 1.54) is 37.9 Å². The molecule has 1 aromatic heterocycles. The number of carbonyl (C=O) groups excluding carboxylic acids is 1. The second-order valence-electron chi connectivity index (χ2n) is 6.17. The summed E-state index contributed by atoms with van der Waals surface area (Å²) in [7, 11) is 0. The summed E-state index contributed by atoms with van der Waals surface area (Å²) >= 11 is 5.79. The van der Waals surface area contributed by atoms with Crippen LogP contribution in [0.1, 0.15) is 25.7 Å². The van der Waals surface area contributed by atoms with E-state index < -0.39 is 4.92 Å². The molecule has 0 atom stereocenters. The van der Waals surface area contributed by atoms with Crippen molar-refractivity contribution < 1.29 is 9.72 Å². The molecule has 1 aliphatic heterocycles. The molecule has 23 heavy (non-hydrogen) atoms. The quantitative estimate of drug-likeness (QED) is 0.622. The molecule has 8 heteroatoms. The highest BCUT2D eigenvalue weighted by Crippen LogP contribution is 2.30. The number of nitro groups is 1. The van der Waals surface area contributed by atoms with Crippen LogP contribution in [-0.4, -0.2) is 46.9 Å². The molecule has 0 aromatic carbocycles. The highest BCUT2D eigenvalue weighted by Gasteiger charge is 2.31. The van der Waals surface area contributed by atoms with Crippen molar-refractivity contribution in [2.75, 3.05) is 31.1 Å². The highest BCUT2D eigenvalue weighted by molar-refractivity contribution is 6.30. The lowest BCUT2D eigenvalue weighted by Gasteiger charge is -2.35. The minimum atomic E-state index is -0.510. The van der Waals surface area contributed by atoms with Gasteiger partial charge in [0.05, 0.1) is 16.5 Å². The molecule has 0 bridgehead atoms. The summed E-state index contributed by atoms with van der Waals surface area (Å²) in [5.74, 6) is 0.830. The molecule has 0 unspecified atom stereocenters. The molecule has 3 rings (SSSR count). The SMILES string of the molecule is O=C1CN(c2ncc(Cl)cc2[N+](=O)[O-])CCN1CC1CCCC1. The summed E-state index contributed by atoms with van der Waals surface area (Å²) in [6, 6.07) is 1.28. The van der Waals surface area contributed by atoms with Gasteiger partial charge >= 0.3 is 5.69 Å². The molecule has 0 radical (unpaired) electrons. The molecule has 1 saturated carbocycles. The topological polar surface area (TPSA) is 79.6 Å². The van der Waals surface area contributed by atoms with Gasteiger partial charge in [0.15, 0.2) is 0 Å². The van der Waals surface area contributed by atoms with Gasteiger partial charge in [0.25, 0.3) is 0 Å². The van der Waals surface area contributed by atoms with Crippen LogP contribution in [0.15, 0.2) is 12.3 Å².